The predicted octanol–water partition coefficient (Wildman–Crippen LogP) is 5.58. The monoisotopic (exact) mass is 449 g/mol. The molecule has 0 fully saturated rings. The molecule has 3 aromatic heterocycles. The Hall–Kier alpha value is -3.65. The first-order chi connectivity index (χ1) is 15.4. The minimum atomic E-state index is -0.935. The van der Waals surface area contributed by atoms with Crippen molar-refractivity contribution in [3.05, 3.63) is 82.6 Å². The number of thiazole rings is 1. The van der Waals surface area contributed by atoms with Crippen LogP contribution in [0.25, 0.3) is 32.4 Å². The topological polar surface area (TPSA) is 68.0 Å². The largest absolute Gasteiger partial charge is 0.481 e. The number of hydrogen-bond acceptors (Lipinski definition) is 4. The molecule has 0 amide bonds. The van der Waals surface area contributed by atoms with Gasteiger partial charge in [0.05, 0.1) is 22.1 Å². The van der Waals surface area contributed by atoms with Gasteiger partial charge in [-0.2, -0.15) is 0 Å². The molecule has 0 saturated heterocycles. The first-order valence-electron chi connectivity index (χ1n) is 9.88. The van der Waals surface area contributed by atoms with E-state index in [0.29, 0.717) is 29.0 Å². The van der Waals surface area contributed by atoms with Gasteiger partial charge in [0.1, 0.15) is 5.65 Å². The number of pyridine rings is 1. The lowest BCUT2D eigenvalue weighted by molar-refractivity contribution is -0.136. The smallest absolute Gasteiger partial charge is 0.307 e. The summed E-state index contributed by atoms with van der Waals surface area (Å²) in [4.78, 5) is 20.6. The Bertz CT molecular complexity index is 1510. The summed E-state index contributed by atoms with van der Waals surface area (Å²) in [6, 6.07) is 11.6. The van der Waals surface area contributed by atoms with Crippen LogP contribution in [0.15, 0.2) is 54.2 Å². The summed E-state index contributed by atoms with van der Waals surface area (Å²) in [5.41, 5.74) is 6.88. The van der Waals surface area contributed by atoms with Gasteiger partial charge in [0.15, 0.2) is 11.6 Å². The third-order valence-corrected chi connectivity index (χ3v) is 6.29. The van der Waals surface area contributed by atoms with Gasteiger partial charge >= 0.3 is 5.97 Å². The molecule has 0 bridgehead atoms. The van der Waals surface area contributed by atoms with Gasteiger partial charge in [-0.1, -0.05) is 12.1 Å². The standard InChI is InChI=1S/C24H17F2N3O2S/c1-13-17(10-22(30)31)23(15-3-5-20-21(9-15)32-12-27-20)16-6-7-29(24(16)28-13)11-14-2-4-18(25)19(26)8-14/h2-9,12H,10-11H2,1H3,(H,30,31). The number of carboxylic acid groups (broad SMARTS) is 1. The first-order valence-corrected chi connectivity index (χ1v) is 10.8. The Kier molecular flexibility index (Phi) is 4.94. The first kappa shape index (κ1) is 20.3. The third-order valence-electron chi connectivity index (χ3n) is 5.50. The van der Waals surface area contributed by atoms with E-state index in [9.17, 15) is 18.7 Å². The average Bonchev–Trinajstić information content (AvgIpc) is 3.37. The SMILES string of the molecule is Cc1nc2c(ccn2Cc2ccc(F)c(F)c2)c(-c2ccc3ncsc3c2)c1CC(=O)O. The van der Waals surface area contributed by atoms with Crippen LogP contribution < -0.4 is 0 Å². The summed E-state index contributed by atoms with van der Waals surface area (Å²) in [6.45, 7) is 2.10. The number of halogens is 2. The number of carboxylic acids is 1. The maximum atomic E-state index is 13.7. The molecule has 0 unspecified atom stereocenters. The van der Waals surface area contributed by atoms with Crippen molar-refractivity contribution < 1.29 is 18.7 Å². The van der Waals surface area contributed by atoms with Gasteiger partial charge in [-0.15, -0.1) is 11.3 Å². The zero-order valence-corrected chi connectivity index (χ0v) is 17.8. The molecule has 0 aliphatic carbocycles. The fourth-order valence-corrected chi connectivity index (χ4v) is 4.74. The molecule has 32 heavy (non-hydrogen) atoms. The average molecular weight is 449 g/mol. The Balaban J connectivity index is 1.70. The Morgan fingerprint density at radius 2 is 1.97 bits per heavy atom. The second-order valence-electron chi connectivity index (χ2n) is 7.59. The van der Waals surface area contributed by atoms with Gasteiger partial charge in [-0.25, -0.2) is 18.7 Å². The molecule has 5 aromatic rings. The zero-order chi connectivity index (χ0) is 22.4. The van der Waals surface area contributed by atoms with Crippen LogP contribution in [0.2, 0.25) is 0 Å². The number of nitrogens with zero attached hydrogens (tertiary/aromatic N) is 3. The minimum absolute atomic E-state index is 0.154. The van der Waals surface area contributed by atoms with Crippen molar-refractivity contribution in [2.75, 3.05) is 0 Å². The van der Waals surface area contributed by atoms with Crippen LogP contribution in [-0.4, -0.2) is 25.6 Å². The molecule has 0 atom stereocenters. The van der Waals surface area contributed by atoms with E-state index < -0.39 is 17.6 Å². The second kappa shape index (κ2) is 7.80. The van der Waals surface area contributed by atoms with Gasteiger partial charge in [0.2, 0.25) is 0 Å². The number of fused-ring (bicyclic) bond motifs is 2. The molecule has 0 saturated carbocycles. The van der Waals surface area contributed by atoms with Crippen LogP contribution >= 0.6 is 11.3 Å². The molecule has 0 aliphatic heterocycles. The highest BCUT2D eigenvalue weighted by Gasteiger charge is 2.20. The fraction of sp³-hybridized carbons (Fsp3) is 0.125. The fourth-order valence-electron chi connectivity index (χ4n) is 4.02. The van der Waals surface area contributed by atoms with Crippen LogP contribution in [0, 0.1) is 18.6 Å². The van der Waals surface area contributed by atoms with Crippen molar-refractivity contribution in [2.45, 2.75) is 19.9 Å². The highest BCUT2D eigenvalue weighted by molar-refractivity contribution is 7.16. The lowest BCUT2D eigenvalue weighted by Gasteiger charge is -2.14. The van der Waals surface area contributed by atoms with Gasteiger partial charge in [-0.3, -0.25) is 4.79 Å². The minimum Gasteiger partial charge on any atom is -0.481 e. The van der Waals surface area contributed by atoms with Gasteiger partial charge in [0.25, 0.3) is 0 Å². The van der Waals surface area contributed by atoms with Crippen LogP contribution in [-0.2, 0) is 17.8 Å². The van der Waals surface area contributed by atoms with Gasteiger partial charge < -0.3 is 9.67 Å². The number of carbonyl (C=O) groups is 1. The maximum absolute atomic E-state index is 13.7. The summed E-state index contributed by atoms with van der Waals surface area (Å²) in [7, 11) is 0. The molecular formula is C24H17F2N3O2S. The number of hydrogen-bond donors (Lipinski definition) is 1. The molecule has 3 heterocycles. The summed E-state index contributed by atoms with van der Waals surface area (Å²) < 4.78 is 29.9. The number of aliphatic carboxylic acids is 1. The van der Waals surface area contributed by atoms with E-state index in [1.807, 2.05) is 35.0 Å². The highest BCUT2D eigenvalue weighted by atomic mass is 32.1. The van der Waals surface area contributed by atoms with E-state index in [-0.39, 0.29) is 6.42 Å². The summed E-state index contributed by atoms with van der Waals surface area (Å²) >= 11 is 1.52. The quantitative estimate of drug-likeness (QED) is 0.381. The van der Waals surface area contributed by atoms with Crippen molar-refractivity contribution in [3.63, 3.8) is 0 Å². The van der Waals surface area contributed by atoms with Crippen LogP contribution in [0.3, 0.4) is 0 Å². The van der Waals surface area contributed by atoms with Crippen LogP contribution in [0.1, 0.15) is 16.8 Å². The lowest BCUT2D eigenvalue weighted by atomic mass is 9.94. The normalized spacial score (nSPS) is 11.5. The molecule has 8 heteroatoms. The number of aromatic nitrogens is 3. The molecule has 0 aliphatic rings. The van der Waals surface area contributed by atoms with E-state index in [2.05, 4.69) is 9.97 Å². The Labute approximate surface area is 185 Å². The van der Waals surface area contributed by atoms with Crippen molar-refractivity contribution in [1.29, 1.82) is 0 Å². The lowest BCUT2D eigenvalue weighted by Crippen LogP contribution is -2.08. The summed E-state index contributed by atoms with van der Waals surface area (Å²) in [6.07, 6.45) is 1.68. The zero-order valence-electron chi connectivity index (χ0n) is 17.0. The van der Waals surface area contributed by atoms with E-state index in [1.165, 1.54) is 23.5 Å². The van der Waals surface area contributed by atoms with Crippen molar-refractivity contribution >= 4 is 38.6 Å². The molecular weight excluding hydrogens is 432 g/mol. The Morgan fingerprint density at radius 1 is 1.12 bits per heavy atom. The number of benzene rings is 2. The summed E-state index contributed by atoms with van der Waals surface area (Å²) in [5, 5.41) is 10.3. The highest BCUT2D eigenvalue weighted by Crippen LogP contribution is 2.36. The third kappa shape index (κ3) is 3.52. The van der Waals surface area contributed by atoms with Crippen LogP contribution in [0.4, 0.5) is 8.78 Å². The van der Waals surface area contributed by atoms with E-state index in [4.69, 9.17) is 0 Å². The van der Waals surface area contributed by atoms with Gasteiger partial charge in [0, 0.05) is 23.8 Å². The van der Waals surface area contributed by atoms with Gasteiger partial charge in [-0.05, 0) is 59.5 Å². The molecule has 1 N–H and O–H groups in total. The van der Waals surface area contributed by atoms with Crippen molar-refractivity contribution in [2.24, 2.45) is 0 Å². The predicted molar refractivity (Wildman–Crippen MR) is 120 cm³/mol. The molecule has 2 aromatic carbocycles. The number of aryl methyl sites for hydroxylation is 1. The summed E-state index contributed by atoms with van der Waals surface area (Å²) in [5.74, 6) is -2.72. The van der Waals surface area contributed by atoms with E-state index in [0.717, 1.165) is 32.8 Å². The second-order valence-corrected chi connectivity index (χ2v) is 8.47. The Morgan fingerprint density at radius 3 is 2.75 bits per heavy atom. The number of rotatable bonds is 5. The van der Waals surface area contributed by atoms with Crippen molar-refractivity contribution in [3.8, 4) is 11.1 Å². The van der Waals surface area contributed by atoms with E-state index >= 15 is 0 Å². The molecule has 160 valence electrons. The molecule has 0 radical (unpaired) electrons. The van der Waals surface area contributed by atoms with Crippen molar-refractivity contribution in [1.82, 2.24) is 14.5 Å². The van der Waals surface area contributed by atoms with E-state index in [1.54, 1.807) is 12.4 Å². The molecule has 0 spiro atoms. The molecule has 5 rings (SSSR count). The van der Waals surface area contributed by atoms with Crippen LogP contribution in [0.5, 0.6) is 0 Å². The molecule has 5 nitrogen and oxygen atoms in total. The maximum Gasteiger partial charge on any atom is 0.307 e.